The molecule has 18 heavy (non-hydrogen) atoms. The highest BCUT2D eigenvalue weighted by Crippen LogP contribution is 2.37. The van der Waals surface area contributed by atoms with Gasteiger partial charge in [0.1, 0.15) is 0 Å². The highest BCUT2D eigenvalue weighted by Gasteiger charge is 2.34. The quantitative estimate of drug-likeness (QED) is 0.732. The second-order valence-corrected chi connectivity index (χ2v) is 7.64. The lowest BCUT2D eigenvalue weighted by Gasteiger charge is -2.45. The van der Waals surface area contributed by atoms with Gasteiger partial charge >= 0.3 is 0 Å². The van der Waals surface area contributed by atoms with Gasteiger partial charge in [0.15, 0.2) is 0 Å². The normalized spacial score (nSPS) is 20.9. The number of halogens is 1. The van der Waals surface area contributed by atoms with E-state index in [0.29, 0.717) is 11.0 Å². The molecule has 0 atom stereocenters. The molecule has 1 heterocycles. The first-order valence-corrected chi connectivity index (χ1v) is 7.62. The maximum absolute atomic E-state index is 3.51. The van der Waals surface area contributed by atoms with Crippen LogP contribution in [-0.4, -0.2) is 23.5 Å². The van der Waals surface area contributed by atoms with Gasteiger partial charge in [0.25, 0.3) is 0 Å². The molecule has 2 rings (SSSR count). The Kier molecular flexibility index (Phi) is 3.89. The van der Waals surface area contributed by atoms with Crippen molar-refractivity contribution >= 4 is 15.9 Å². The Morgan fingerprint density at radius 2 is 1.56 bits per heavy atom. The first-order chi connectivity index (χ1) is 8.31. The first-order valence-electron chi connectivity index (χ1n) is 6.82. The van der Waals surface area contributed by atoms with E-state index in [2.05, 4.69) is 72.8 Å². The molecule has 1 nitrogen and oxygen atoms in total. The van der Waals surface area contributed by atoms with Crippen molar-refractivity contribution in [3.63, 3.8) is 0 Å². The molecular formula is C16H24BrN. The number of likely N-dealkylation sites (tertiary alicyclic amines) is 1. The van der Waals surface area contributed by atoms with Gasteiger partial charge in [0.05, 0.1) is 0 Å². The number of hydrogen-bond acceptors (Lipinski definition) is 1. The molecule has 0 aromatic heterocycles. The van der Waals surface area contributed by atoms with E-state index >= 15 is 0 Å². The monoisotopic (exact) mass is 309 g/mol. The zero-order valence-corrected chi connectivity index (χ0v) is 13.5. The van der Waals surface area contributed by atoms with Gasteiger partial charge < -0.3 is 0 Å². The van der Waals surface area contributed by atoms with Crippen molar-refractivity contribution in [3.8, 4) is 0 Å². The molecule has 1 saturated heterocycles. The molecule has 1 aliphatic heterocycles. The second-order valence-electron chi connectivity index (χ2n) is 6.73. The molecule has 1 aromatic rings. The Hall–Kier alpha value is -0.340. The van der Waals surface area contributed by atoms with Gasteiger partial charge in [-0.1, -0.05) is 35.0 Å². The fraction of sp³-hybridized carbons (Fsp3) is 0.625. The van der Waals surface area contributed by atoms with Crippen LogP contribution in [0.3, 0.4) is 0 Å². The fourth-order valence-electron chi connectivity index (χ4n) is 2.81. The zero-order valence-electron chi connectivity index (χ0n) is 12.0. The minimum absolute atomic E-state index is 0.307. The Balaban J connectivity index is 2.10. The number of piperidine rings is 1. The van der Waals surface area contributed by atoms with Crippen molar-refractivity contribution in [2.75, 3.05) is 13.1 Å². The predicted octanol–water partition coefficient (Wildman–Crippen LogP) is 4.60. The van der Waals surface area contributed by atoms with Crippen LogP contribution in [0.4, 0.5) is 0 Å². The molecule has 1 aliphatic rings. The van der Waals surface area contributed by atoms with Crippen molar-refractivity contribution in [2.24, 2.45) is 0 Å². The lowest BCUT2D eigenvalue weighted by molar-refractivity contribution is 0.0794. The molecule has 1 fully saturated rings. The van der Waals surface area contributed by atoms with Crippen LogP contribution in [-0.2, 0) is 5.41 Å². The average molecular weight is 310 g/mol. The van der Waals surface area contributed by atoms with Gasteiger partial charge in [-0.2, -0.15) is 0 Å². The summed E-state index contributed by atoms with van der Waals surface area (Å²) in [6.07, 6.45) is 2.51. The molecule has 100 valence electrons. The molecule has 0 bridgehead atoms. The summed E-state index contributed by atoms with van der Waals surface area (Å²) < 4.78 is 1.17. The minimum atomic E-state index is 0.307. The fourth-order valence-corrected chi connectivity index (χ4v) is 3.08. The summed E-state index contributed by atoms with van der Waals surface area (Å²) in [6.45, 7) is 11.8. The predicted molar refractivity (Wildman–Crippen MR) is 82.1 cm³/mol. The largest absolute Gasteiger partial charge is 0.298 e. The molecule has 0 unspecified atom stereocenters. The van der Waals surface area contributed by atoms with Crippen LogP contribution in [0, 0.1) is 0 Å². The second kappa shape index (κ2) is 4.97. The SMILES string of the molecule is CC1(c2ccc(Br)cc2)CCN(C(C)(C)C)CC1. The molecule has 1 aromatic carbocycles. The average Bonchev–Trinajstić information content (AvgIpc) is 2.29. The van der Waals surface area contributed by atoms with E-state index in [0.717, 1.165) is 0 Å². The molecule has 0 spiro atoms. The third-order valence-electron chi connectivity index (χ3n) is 4.36. The summed E-state index contributed by atoms with van der Waals surface area (Å²) in [5.74, 6) is 0. The standard InChI is InChI=1S/C16H24BrN/c1-15(2,3)18-11-9-16(4,10-12-18)13-5-7-14(17)8-6-13/h5-8H,9-12H2,1-4H3. The molecule has 0 N–H and O–H groups in total. The van der Waals surface area contributed by atoms with Crippen LogP contribution in [0.15, 0.2) is 28.7 Å². The van der Waals surface area contributed by atoms with E-state index < -0.39 is 0 Å². The van der Waals surface area contributed by atoms with Crippen molar-refractivity contribution < 1.29 is 0 Å². The zero-order chi connectivity index (χ0) is 13.4. The van der Waals surface area contributed by atoms with Crippen molar-refractivity contribution in [2.45, 2.75) is 51.5 Å². The summed E-state index contributed by atoms with van der Waals surface area (Å²) in [5, 5.41) is 0. The van der Waals surface area contributed by atoms with Gasteiger partial charge in [-0.05, 0) is 69.8 Å². The maximum Gasteiger partial charge on any atom is 0.0175 e. The molecule has 0 radical (unpaired) electrons. The topological polar surface area (TPSA) is 3.24 Å². The number of hydrogen-bond donors (Lipinski definition) is 0. The van der Waals surface area contributed by atoms with Gasteiger partial charge in [-0.25, -0.2) is 0 Å². The van der Waals surface area contributed by atoms with E-state index in [-0.39, 0.29) is 0 Å². The van der Waals surface area contributed by atoms with Gasteiger partial charge in [-0.15, -0.1) is 0 Å². The smallest absolute Gasteiger partial charge is 0.0175 e. The van der Waals surface area contributed by atoms with E-state index in [1.54, 1.807) is 0 Å². The summed E-state index contributed by atoms with van der Waals surface area (Å²) in [5.41, 5.74) is 2.14. The van der Waals surface area contributed by atoms with Gasteiger partial charge in [0, 0.05) is 10.0 Å². The summed E-state index contributed by atoms with van der Waals surface area (Å²) >= 11 is 3.51. The van der Waals surface area contributed by atoms with Crippen molar-refractivity contribution in [3.05, 3.63) is 34.3 Å². The van der Waals surface area contributed by atoms with E-state index in [4.69, 9.17) is 0 Å². The first kappa shape index (κ1) is 14.1. The third kappa shape index (κ3) is 2.97. The Bertz CT molecular complexity index is 394. The van der Waals surface area contributed by atoms with Gasteiger partial charge in [0.2, 0.25) is 0 Å². The maximum atomic E-state index is 3.51. The lowest BCUT2D eigenvalue weighted by Crippen LogP contribution is -2.49. The molecule has 0 saturated carbocycles. The van der Waals surface area contributed by atoms with Crippen LogP contribution in [0.5, 0.6) is 0 Å². The van der Waals surface area contributed by atoms with E-state index in [9.17, 15) is 0 Å². The van der Waals surface area contributed by atoms with Crippen LogP contribution >= 0.6 is 15.9 Å². The molecular weight excluding hydrogens is 286 g/mol. The minimum Gasteiger partial charge on any atom is -0.298 e. The van der Waals surface area contributed by atoms with Crippen molar-refractivity contribution in [1.29, 1.82) is 0 Å². The highest BCUT2D eigenvalue weighted by molar-refractivity contribution is 9.10. The summed E-state index contributed by atoms with van der Waals surface area (Å²) in [6, 6.07) is 8.88. The lowest BCUT2D eigenvalue weighted by atomic mass is 9.74. The van der Waals surface area contributed by atoms with E-state index in [1.165, 1.54) is 36.0 Å². The van der Waals surface area contributed by atoms with Crippen LogP contribution < -0.4 is 0 Å². The highest BCUT2D eigenvalue weighted by atomic mass is 79.9. The van der Waals surface area contributed by atoms with Gasteiger partial charge in [-0.3, -0.25) is 4.90 Å². The van der Waals surface area contributed by atoms with Crippen molar-refractivity contribution in [1.82, 2.24) is 4.90 Å². The number of rotatable bonds is 1. The number of nitrogens with zero attached hydrogens (tertiary/aromatic N) is 1. The van der Waals surface area contributed by atoms with Crippen LogP contribution in [0.2, 0.25) is 0 Å². The van der Waals surface area contributed by atoms with E-state index in [1.807, 2.05) is 0 Å². The molecule has 2 heteroatoms. The Labute approximate surface area is 120 Å². The third-order valence-corrected chi connectivity index (χ3v) is 4.89. The summed E-state index contributed by atoms with van der Waals surface area (Å²) in [4.78, 5) is 2.60. The number of benzene rings is 1. The molecule has 0 amide bonds. The molecule has 0 aliphatic carbocycles. The van der Waals surface area contributed by atoms with Crippen LogP contribution in [0.25, 0.3) is 0 Å². The summed E-state index contributed by atoms with van der Waals surface area (Å²) in [7, 11) is 0. The Morgan fingerprint density at radius 1 is 1.06 bits per heavy atom. The van der Waals surface area contributed by atoms with Crippen LogP contribution in [0.1, 0.15) is 46.1 Å². The Morgan fingerprint density at radius 3 is 2.00 bits per heavy atom.